The fourth-order valence-electron chi connectivity index (χ4n) is 4.82. The number of rotatable bonds is 2. The molecule has 0 fully saturated rings. The molecule has 0 radical (unpaired) electrons. The van der Waals surface area contributed by atoms with Gasteiger partial charge in [-0.15, -0.1) is 0 Å². The Morgan fingerprint density at radius 1 is 0.657 bits per heavy atom. The van der Waals surface area contributed by atoms with Crippen LogP contribution in [-0.2, 0) is 0 Å². The van der Waals surface area contributed by atoms with E-state index in [0.29, 0.717) is 11.3 Å². The van der Waals surface area contributed by atoms with Gasteiger partial charge < -0.3 is 0 Å². The lowest BCUT2D eigenvalue weighted by molar-refractivity contribution is 1.32. The Balaban J connectivity index is 1.43. The van der Waals surface area contributed by atoms with Crippen LogP contribution in [0.3, 0.4) is 0 Å². The molecule has 7 rings (SSSR count). The summed E-state index contributed by atoms with van der Waals surface area (Å²) in [6.45, 7) is 7.55. The van der Waals surface area contributed by atoms with E-state index in [4.69, 9.17) is 18.4 Å². The summed E-state index contributed by atoms with van der Waals surface area (Å²) in [5.74, 6) is 0. The maximum Gasteiger partial charge on any atom is 0.189 e. The van der Waals surface area contributed by atoms with E-state index in [1.54, 1.807) is 12.1 Å². The molecule has 0 aliphatic heterocycles. The maximum absolute atomic E-state index is 8.29. The van der Waals surface area contributed by atoms with Gasteiger partial charge in [-0.05, 0) is 58.0 Å². The number of imidazole rings is 1. The molecule has 0 unspecified atom stereocenters. The normalized spacial score (nSPS) is 13.4. The number of fused-ring (bicyclic) bond motifs is 8. The number of hydrogen-bond donors (Lipinski definition) is 0. The number of nitrogens with zero attached hydrogens (tertiary/aromatic N) is 3. The highest BCUT2D eigenvalue weighted by Crippen LogP contribution is 2.36. The van der Waals surface area contributed by atoms with Crippen molar-refractivity contribution in [3.8, 4) is 22.3 Å². The summed E-state index contributed by atoms with van der Waals surface area (Å²) in [5.41, 5.74) is 6.82. The Labute approximate surface area is 209 Å². The van der Waals surface area contributed by atoms with E-state index in [-0.39, 0.29) is 29.7 Å². The van der Waals surface area contributed by atoms with E-state index >= 15 is 0 Å². The monoisotopic (exact) mass is 450 g/mol. The van der Waals surface area contributed by atoms with Crippen LogP contribution in [0.15, 0.2) is 115 Å². The molecule has 3 heteroatoms. The van der Waals surface area contributed by atoms with Gasteiger partial charge in [-0.25, -0.2) is 9.83 Å². The highest BCUT2D eigenvalue weighted by molar-refractivity contribution is 6.15. The lowest BCUT2D eigenvalue weighted by Crippen LogP contribution is -1.92. The van der Waals surface area contributed by atoms with Gasteiger partial charge in [-0.2, -0.15) is 0 Å². The summed E-state index contributed by atoms with van der Waals surface area (Å²) >= 11 is 0. The van der Waals surface area contributed by atoms with Crippen LogP contribution >= 0.6 is 0 Å². The van der Waals surface area contributed by atoms with E-state index in [9.17, 15) is 0 Å². The quantitative estimate of drug-likeness (QED) is 0.191. The summed E-state index contributed by atoms with van der Waals surface area (Å²) < 4.78 is 42.5. The van der Waals surface area contributed by atoms with Gasteiger partial charge in [0.2, 0.25) is 0 Å². The van der Waals surface area contributed by atoms with E-state index in [0.717, 1.165) is 49.5 Å². The van der Waals surface area contributed by atoms with Gasteiger partial charge in [-0.3, -0.25) is 4.40 Å². The van der Waals surface area contributed by atoms with Gasteiger partial charge in [0.15, 0.2) is 5.69 Å². The fourth-order valence-corrected chi connectivity index (χ4v) is 4.82. The molecule has 0 spiro atoms. The zero-order valence-electron chi connectivity index (χ0n) is 23.4. The van der Waals surface area contributed by atoms with Gasteiger partial charge in [0.05, 0.1) is 24.5 Å². The van der Waals surface area contributed by atoms with Crippen molar-refractivity contribution in [3.05, 3.63) is 127 Å². The minimum Gasteiger partial charge on any atom is -0.293 e. The number of pyridine rings is 1. The number of benzene rings is 5. The van der Waals surface area contributed by atoms with Gasteiger partial charge in [0.25, 0.3) is 0 Å². The van der Waals surface area contributed by atoms with Crippen LogP contribution in [0.25, 0.3) is 65.5 Å². The zero-order valence-corrected chi connectivity index (χ0v) is 18.4. The summed E-state index contributed by atoms with van der Waals surface area (Å²) in [6.07, 6.45) is 0. The van der Waals surface area contributed by atoms with Crippen molar-refractivity contribution in [1.29, 1.82) is 0 Å². The van der Waals surface area contributed by atoms with Crippen molar-refractivity contribution in [1.82, 2.24) is 9.38 Å². The molecular weight excluding hydrogens is 426 g/mol. The van der Waals surface area contributed by atoms with Crippen molar-refractivity contribution in [2.75, 3.05) is 0 Å². The molecule has 2 heterocycles. The maximum atomic E-state index is 8.29. The Morgan fingerprint density at radius 3 is 2.17 bits per heavy atom. The summed E-state index contributed by atoms with van der Waals surface area (Å²) in [6, 6.07) is 25.8. The van der Waals surface area contributed by atoms with E-state index in [1.807, 2.05) is 60.7 Å². The third kappa shape index (κ3) is 3.01. The van der Waals surface area contributed by atoms with Crippen molar-refractivity contribution >= 4 is 44.0 Å². The van der Waals surface area contributed by atoms with Crippen LogP contribution in [0.1, 0.15) is 6.85 Å². The lowest BCUT2D eigenvalue weighted by atomic mass is 9.97. The topological polar surface area (TPSA) is 21.7 Å². The average Bonchev–Trinajstić information content (AvgIpc) is 3.39. The van der Waals surface area contributed by atoms with E-state index in [2.05, 4.69) is 21.4 Å². The Hall–Kier alpha value is -4.94. The second-order valence-corrected chi connectivity index (χ2v) is 8.41. The van der Waals surface area contributed by atoms with E-state index < -0.39 is 6.04 Å². The van der Waals surface area contributed by atoms with Crippen LogP contribution in [0, 0.1) is 6.57 Å². The average molecular weight is 451 g/mol. The van der Waals surface area contributed by atoms with Crippen molar-refractivity contribution < 1.29 is 6.85 Å². The van der Waals surface area contributed by atoms with Crippen LogP contribution in [0.4, 0.5) is 5.69 Å². The van der Waals surface area contributed by atoms with Gasteiger partial charge >= 0.3 is 0 Å². The summed E-state index contributed by atoms with van der Waals surface area (Å²) in [7, 11) is 0. The third-order valence-electron chi connectivity index (χ3n) is 6.47. The molecule has 2 aromatic heterocycles. The SMILES string of the molecule is [2H]c1c([2H])c([2H])c(-c2ccc(-c3ccc4c(c3)c3ccc([N+]#[C-])cc3n3c5ccccc5nc43)cc2)c([2H])c1[2H]. The first-order valence-corrected chi connectivity index (χ1v) is 11.2. The van der Waals surface area contributed by atoms with Crippen molar-refractivity contribution in [3.63, 3.8) is 0 Å². The van der Waals surface area contributed by atoms with Crippen molar-refractivity contribution in [2.45, 2.75) is 0 Å². The molecule has 3 nitrogen and oxygen atoms in total. The molecular formula is C32H19N3. The van der Waals surface area contributed by atoms with Crippen LogP contribution in [0.2, 0.25) is 0 Å². The molecule has 0 aliphatic rings. The smallest absolute Gasteiger partial charge is 0.189 e. The van der Waals surface area contributed by atoms with Crippen LogP contribution in [0.5, 0.6) is 0 Å². The predicted octanol–water partition coefficient (Wildman–Crippen LogP) is 8.68. The van der Waals surface area contributed by atoms with Crippen molar-refractivity contribution in [2.24, 2.45) is 0 Å². The minimum absolute atomic E-state index is 0.187. The first-order chi connectivity index (χ1) is 19.4. The Bertz CT molecular complexity index is 2200. The molecule has 5 aromatic carbocycles. The third-order valence-corrected chi connectivity index (χ3v) is 6.47. The molecule has 0 amide bonds. The second kappa shape index (κ2) is 7.55. The molecule has 0 N–H and O–H groups in total. The van der Waals surface area contributed by atoms with E-state index in [1.165, 1.54) is 0 Å². The first-order valence-electron chi connectivity index (χ1n) is 13.7. The Morgan fingerprint density at radius 2 is 1.37 bits per heavy atom. The van der Waals surface area contributed by atoms with Gasteiger partial charge in [-0.1, -0.05) is 84.8 Å². The summed E-state index contributed by atoms with van der Waals surface area (Å²) in [5, 5.41) is 3.02. The molecule has 0 bridgehead atoms. The highest BCUT2D eigenvalue weighted by atomic mass is 15.0. The van der Waals surface area contributed by atoms with Gasteiger partial charge in [0, 0.05) is 16.3 Å². The van der Waals surface area contributed by atoms with Gasteiger partial charge in [0.1, 0.15) is 5.65 Å². The molecule has 162 valence electrons. The lowest BCUT2D eigenvalue weighted by Gasteiger charge is -2.12. The highest BCUT2D eigenvalue weighted by Gasteiger charge is 2.15. The number of hydrogen-bond acceptors (Lipinski definition) is 1. The molecule has 35 heavy (non-hydrogen) atoms. The second-order valence-electron chi connectivity index (χ2n) is 8.41. The molecule has 0 saturated carbocycles. The largest absolute Gasteiger partial charge is 0.293 e. The number of aromatic nitrogens is 2. The molecule has 0 aliphatic carbocycles. The van der Waals surface area contributed by atoms with Crippen LogP contribution < -0.4 is 0 Å². The molecule has 0 saturated heterocycles. The predicted molar refractivity (Wildman–Crippen MR) is 145 cm³/mol. The minimum atomic E-state index is -0.401. The number of para-hydroxylation sites is 2. The zero-order chi connectivity index (χ0) is 27.7. The summed E-state index contributed by atoms with van der Waals surface area (Å²) in [4.78, 5) is 8.59. The first kappa shape index (κ1) is 15.1. The van der Waals surface area contributed by atoms with Crippen LogP contribution in [-0.4, -0.2) is 9.38 Å². The Kier molecular flexibility index (Phi) is 3.25. The molecule has 0 atom stereocenters. The molecule has 7 aromatic rings. The fraction of sp³-hybridized carbons (Fsp3) is 0. The standard InChI is InChI=1S/C32H19N3/c1-33-25-16-18-26-28-19-24(23-13-11-22(12-14-23)21-7-3-2-4-8-21)15-17-27(28)32-34-29-9-5-6-10-30(29)35(32)31(26)20-25/h2-20H/i2D,3D,4D,7D,8D.